The fourth-order valence-corrected chi connectivity index (χ4v) is 1.66. The van der Waals surface area contributed by atoms with Gasteiger partial charge in [-0.05, 0) is 35.4 Å². The number of amides is 1. The van der Waals surface area contributed by atoms with Crippen molar-refractivity contribution in [1.29, 1.82) is 5.26 Å². The lowest BCUT2D eigenvalue weighted by molar-refractivity contribution is -0.131. The van der Waals surface area contributed by atoms with E-state index in [0.717, 1.165) is 11.1 Å². The zero-order chi connectivity index (χ0) is 14.4. The first kappa shape index (κ1) is 13.6. The number of nitrogens with zero attached hydrogens (tertiary/aromatic N) is 1. The van der Waals surface area contributed by atoms with E-state index < -0.39 is 5.91 Å². The summed E-state index contributed by atoms with van der Waals surface area (Å²) in [6, 6.07) is 16.5. The summed E-state index contributed by atoms with van der Waals surface area (Å²) in [6.45, 7) is -0.243. The molecule has 2 aromatic rings. The molecule has 5 nitrogen and oxygen atoms in total. The normalized spacial score (nSPS) is 9.60. The Hall–Kier alpha value is -2.84. The predicted octanol–water partition coefficient (Wildman–Crippen LogP) is 2.11. The molecule has 100 valence electrons. The summed E-state index contributed by atoms with van der Waals surface area (Å²) < 4.78 is 5.17. The largest absolute Gasteiger partial charge is 0.484 e. The molecule has 0 aliphatic heterocycles. The van der Waals surface area contributed by atoms with Crippen molar-refractivity contribution < 1.29 is 14.7 Å². The Labute approximate surface area is 116 Å². The first-order chi connectivity index (χ1) is 9.72. The number of hydrogen-bond acceptors (Lipinski definition) is 4. The molecule has 5 heteroatoms. The van der Waals surface area contributed by atoms with Crippen LogP contribution in [0.5, 0.6) is 5.75 Å². The fourth-order valence-electron chi connectivity index (χ4n) is 1.66. The number of ether oxygens (including phenoxy) is 1. The van der Waals surface area contributed by atoms with Crippen LogP contribution in [0, 0.1) is 11.3 Å². The molecule has 0 atom stereocenters. The molecule has 0 heterocycles. The second-order valence-corrected chi connectivity index (χ2v) is 4.04. The first-order valence-corrected chi connectivity index (χ1v) is 5.89. The maximum absolute atomic E-state index is 10.8. The molecule has 0 aliphatic rings. The zero-order valence-corrected chi connectivity index (χ0v) is 10.5. The topological polar surface area (TPSA) is 82.3 Å². The zero-order valence-electron chi connectivity index (χ0n) is 10.5. The molecular formula is C15H12N2O3. The van der Waals surface area contributed by atoms with E-state index in [1.807, 2.05) is 24.3 Å². The van der Waals surface area contributed by atoms with E-state index in [2.05, 4.69) is 6.07 Å². The summed E-state index contributed by atoms with van der Waals surface area (Å²) in [7, 11) is 0. The van der Waals surface area contributed by atoms with Gasteiger partial charge in [0.05, 0.1) is 11.6 Å². The van der Waals surface area contributed by atoms with E-state index in [1.54, 1.807) is 24.3 Å². The Bertz CT molecular complexity index is 628. The average molecular weight is 268 g/mol. The Balaban J connectivity index is 2.07. The molecule has 0 saturated heterocycles. The molecule has 0 radical (unpaired) electrons. The number of carbonyl (C=O) groups excluding carboxylic acids is 1. The standard InChI is InChI=1S/C15H12N2O3/c16-9-11-1-3-12(4-2-11)13-5-7-14(8-6-13)20-10-15(18)17-19/h1-8,19H,10H2,(H,17,18). The van der Waals surface area contributed by atoms with Crippen molar-refractivity contribution in [3.63, 3.8) is 0 Å². The van der Waals surface area contributed by atoms with Crippen molar-refractivity contribution in [1.82, 2.24) is 5.48 Å². The van der Waals surface area contributed by atoms with Gasteiger partial charge in [-0.2, -0.15) is 5.26 Å². The van der Waals surface area contributed by atoms with Gasteiger partial charge < -0.3 is 4.74 Å². The van der Waals surface area contributed by atoms with E-state index in [4.69, 9.17) is 15.2 Å². The number of nitriles is 1. The van der Waals surface area contributed by atoms with Crippen LogP contribution in [0.4, 0.5) is 0 Å². The van der Waals surface area contributed by atoms with Gasteiger partial charge in [0.1, 0.15) is 5.75 Å². The quantitative estimate of drug-likeness (QED) is 0.657. The van der Waals surface area contributed by atoms with Crippen LogP contribution in [-0.2, 0) is 4.79 Å². The van der Waals surface area contributed by atoms with Crippen molar-refractivity contribution in [2.24, 2.45) is 0 Å². The first-order valence-electron chi connectivity index (χ1n) is 5.89. The molecule has 0 bridgehead atoms. The van der Waals surface area contributed by atoms with Crippen molar-refractivity contribution in [2.75, 3.05) is 6.61 Å². The van der Waals surface area contributed by atoms with E-state index in [0.29, 0.717) is 11.3 Å². The molecular weight excluding hydrogens is 256 g/mol. The number of rotatable bonds is 4. The molecule has 20 heavy (non-hydrogen) atoms. The predicted molar refractivity (Wildman–Crippen MR) is 72.0 cm³/mol. The van der Waals surface area contributed by atoms with Crippen LogP contribution in [0.15, 0.2) is 48.5 Å². The van der Waals surface area contributed by atoms with Crippen molar-refractivity contribution in [2.45, 2.75) is 0 Å². The SMILES string of the molecule is N#Cc1ccc(-c2ccc(OCC(=O)NO)cc2)cc1. The van der Waals surface area contributed by atoms with Gasteiger partial charge in [-0.3, -0.25) is 10.0 Å². The van der Waals surface area contributed by atoms with Gasteiger partial charge in [0.15, 0.2) is 6.61 Å². The highest BCUT2D eigenvalue weighted by Crippen LogP contribution is 2.22. The second-order valence-electron chi connectivity index (χ2n) is 4.04. The van der Waals surface area contributed by atoms with Gasteiger partial charge in [-0.25, -0.2) is 5.48 Å². The summed E-state index contributed by atoms with van der Waals surface area (Å²) in [5.74, 6) is -0.0767. The van der Waals surface area contributed by atoms with Gasteiger partial charge >= 0.3 is 0 Å². The lowest BCUT2D eigenvalue weighted by Gasteiger charge is -2.06. The lowest BCUT2D eigenvalue weighted by Crippen LogP contribution is -2.25. The third kappa shape index (κ3) is 3.34. The number of carbonyl (C=O) groups is 1. The second kappa shape index (κ2) is 6.36. The maximum atomic E-state index is 10.8. The van der Waals surface area contributed by atoms with Crippen molar-refractivity contribution >= 4 is 5.91 Å². The summed E-state index contributed by atoms with van der Waals surface area (Å²) >= 11 is 0. The monoisotopic (exact) mass is 268 g/mol. The number of nitrogens with one attached hydrogen (secondary N) is 1. The van der Waals surface area contributed by atoms with E-state index in [-0.39, 0.29) is 6.61 Å². The van der Waals surface area contributed by atoms with Crippen molar-refractivity contribution in [3.05, 3.63) is 54.1 Å². The Kier molecular flexibility index (Phi) is 4.32. The van der Waals surface area contributed by atoms with E-state index in [9.17, 15) is 4.79 Å². The lowest BCUT2D eigenvalue weighted by atomic mass is 10.0. The maximum Gasteiger partial charge on any atom is 0.281 e. The van der Waals surface area contributed by atoms with Crippen LogP contribution in [0.25, 0.3) is 11.1 Å². The van der Waals surface area contributed by atoms with Crippen LogP contribution in [0.2, 0.25) is 0 Å². The molecule has 0 aliphatic carbocycles. The summed E-state index contributed by atoms with van der Waals surface area (Å²) in [4.78, 5) is 10.8. The smallest absolute Gasteiger partial charge is 0.281 e. The van der Waals surface area contributed by atoms with Crippen LogP contribution in [0.3, 0.4) is 0 Å². The van der Waals surface area contributed by atoms with Gasteiger partial charge in [-0.15, -0.1) is 0 Å². The average Bonchev–Trinajstić information content (AvgIpc) is 2.53. The highest BCUT2D eigenvalue weighted by atomic mass is 16.5. The van der Waals surface area contributed by atoms with Crippen LogP contribution in [0.1, 0.15) is 5.56 Å². The molecule has 0 spiro atoms. The highest BCUT2D eigenvalue weighted by Gasteiger charge is 2.02. The third-order valence-electron chi connectivity index (χ3n) is 2.70. The van der Waals surface area contributed by atoms with Crippen LogP contribution in [-0.4, -0.2) is 17.7 Å². The summed E-state index contributed by atoms with van der Waals surface area (Å²) in [6.07, 6.45) is 0. The third-order valence-corrected chi connectivity index (χ3v) is 2.70. The minimum Gasteiger partial charge on any atom is -0.484 e. The minimum absolute atomic E-state index is 0.243. The van der Waals surface area contributed by atoms with Crippen molar-refractivity contribution in [3.8, 4) is 22.9 Å². The number of hydrogen-bond donors (Lipinski definition) is 2. The molecule has 0 aromatic heterocycles. The molecule has 0 saturated carbocycles. The Morgan fingerprint density at radius 1 is 1.10 bits per heavy atom. The van der Waals surface area contributed by atoms with Crippen LogP contribution >= 0.6 is 0 Å². The molecule has 2 N–H and O–H groups in total. The van der Waals surface area contributed by atoms with E-state index >= 15 is 0 Å². The number of benzene rings is 2. The fraction of sp³-hybridized carbons (Fsp3) is 0.0667. The van der Waals surface area contributed by atoms with Gasteiger partial charge in [0, 0.05) is 0 Å². The Morgan fingerprint density at radius 3 is 2.15 bits per heavy atom. The van der Waals surface area contributed by atoms with Crippen LogP contribution < -0.4 is 10.2 Å². The molecule has 0 fully saturated rings. The molecule has 1 amide bonds. The molecule has 2 aromatic carbocycles. The number of hydroxylamine groups is 1. The van der Waals surface area contributed by atoms with Gasteiger partial charge in [0.25, 0.3) is 5.91 Å². The summed E-state index contributed by atoms with van der Waals surface area (Å²) in [5.41, 5.74) is 4.08. The minimum atomic E-state index is -0.610. The molecule has 2 rings (SSSR count). The van der Waals surface area contributed by atoms with E-state index in [1.165, 1.54) is 5.48 Å². The molecule has 0 unspecified atom stereocenters. The van der Waals surface area contributed by atoms with Gasteiger partial charge in [-0.1, -0.05) is 24.3 Å². The van der Waals surface area contributed by atoms with Gasteiger partial charge in [0.2, 0.25) is 0 Å². The summed E-state index contributed by atoms with van der Waals surface area (Å²) in [5, 5.41) is 17.1. The highest BCUT2D eigenvalue weighted by molar-refractivity contribution is 5.76. The Morgan fingerprint density at radius 2 is 1.65 bits per heavy atom.